The van der Waals surface area contributed by atoms with Gasteiger partial charge in [0, 0.05) is 5.97 Å². The van der Waals surface area contributed by atoms with Crippen molar-refractivity contribution in [3.05, 3.63) is 0 Å². The molecule has 0 unspecified atom stereocenters. The van der Waals surface area contributed by atoms with Gasteiger partial charge in [-0.3, -0.25) is 0 Å². The summed E-state index contributed by atoms with van der Waals surface area (Å²) in [5.41, 5.74) is 0. The van der Waals surface area contributed by atoms with E-state index >= 15 is 0 Å². The molecule has 0 spiro atoms. The zero-order chi connectivity index (χ0) is 7.82. The van der Waals surface area contributed by atoms with Gasteiger partial charge in [-0.2, -0.15) is 0 Å². The predicted octanol–water partition coefficient (Wildman–Crippen LogP) is -5.07. The van der Waals surface area contributed by atoms with E-state index < -0.39 is 5.97 Å². The second kappa shape index (κ2) is 19.1. The SMILES string of the molecule is CCCCCCCC(=O)[O-].[Na+].[Na+].[OH-]. The van der Waals surface area contributed by atoms with Crippen LogP contribution in [0.15, 0.2) is 0 Å². The van der Waals surface area contributed by atoms with Gasteiger partial charge in [0.25, 0.3) is 0 Å². The summed E-state index contributed by atoms with van der Waals surface area (Å²) in [4.78, 5) is 9.92. The molecule has 0 bridgehead atoms. The fourth-order valence-electron chi connectivity index (χ4n) is 0.873. The minimum Gasteiger partial charge on any atom is -0.870 e. The Hall–Kier alpha value is 1.43. The molecule has 0 amide bonds. The molecule has 0 aromatic heterocycles. The number of hydrogen-bond acceptors (Lipinski definition) is 3. The number of aliphatic carboxylic acids is 1. The predicted molar refractivity (Wildman–Crippen MR) is 40.3 cm³/mol. The van der Waals surface area contributed by atoms with Crippen molar-refractivity contribution in [2.45, 2.75) is 45.4 Å². The van der Waals surface area contributed by atoms with Crippen molar-refractivity contribution >= 4 is 5.97 Å². The van der Waals surface area contributed by atoms with Crippen molar-refractivity contribution in [2.75, 3.05) is 0 Å². The molecule has 1 N–H and O–H groups in total. The van der Waals surface area contributed by atoms with E-state index in [0.29, 0.717) is 0 Å². The topological polar surface area (TPSA) is 70.1 Å². The number of carbonyl (C=O) groups is 1. The molecule has 0 saturated carbocycles. The number of rotatable bonds is 6. The van der Waals surface area contributed by atoms with Gasteiger partial charge in [-0.1, -0.05) is 32.6 Å². The van der Waals surface area contributed by atoms with Crippen LogP contribution in [-0.2, 0) is 4.79 Å². The maximum absolute atomic E-state index is 9.92. The molecule has 0 aromatic rings. The Bertz CT molecular complexity index is 99.4. The van der Waals surface area contributed by atoms with E-state index in [0.717, 1.165) is 19.3 Å². The fraction of sp³-hybridized carbons (Fsp3) is 0.875. The third-order valence-electron chi connectivity index (χ3n) is 1.48. The Morgan fingerprint density at radius 3 is 1.92 bits per heavy atom. The summed E-state index contributed by atoms with van der Waals surface area (Å²) in [6.45, 7) is 2.14. The second-order valence-electron chi connectivity index (χ2n) is 2.54. The molecule has 0 heterocycles. The van der Waals surface area contributed by atoms with E-state index in [2.05, 4.69) is 6.92 Å². The summed E-state index contributed by atoms with van der Waals surface area (Å²) < 4.78 is 0. The Kier molecular flexibility index (Phi) is 35.1. The Labute approximate surface area is 125 Å². The summed E-state index contributed by atoms with van der Waals surface area (Å²) in [5, 5.41) is 9.92. The molecule has 0 saturated heterocycles. The van der Waals surface area contributed by atoms with Gasteiger partial charge in [0.15, 0.2) is 0 Å². The van der Waals surface area contributed by atoms with Crippen molar-refractivity contribution < 1.29 is 74.5 Å². The van der Waals surface area contributed by atoms with Crippen LogP contribution in [0.5, 0.6) is 0 Å². The molecule has 5 heteroatoms. The smallest absolute Gasteiger partial charge is 0.870 e. The summed E-state index contributed by atoms with van der Waals surface area (Å²) in [7, 11) is 0. The summed E-state index contributed by atoms with van der Waals surface area (Å²) in [6.07, 6.45) is 5.61. The molecule has 0 fully saturated rings. The maximum Gasteiger partial charge on any atom is 1.00 e. The first kappa shape index (κ1) is 23.9. The minimum atomic E-state index is -0.920. The summed E-state index contributed by atoms with van der Waals surface area (Å²) in [5.74, 6) is -0.920. The van der Waals surface area contributed by atoms with Crippen LogP contribution >= 0.6 is 0 Å². The first-order valence-corrected chi connectivity index (χ1v) is 3.97. The summed E-state index contributed by atoms with van der Waals surface area (Å²) >= 11 is 0. The van der Waals surface area contributed by atoms with Gasteiger partial charge in [0.1, 0.15) is 0 Å². The number of unbranched alkanes of at least 4 members (excludes halogenated alkanes) is 4. The average Bonchev–Trinajstić information content (AvgIpc) is 1.87. The Balaban J connectivity index is -0.000000135. The minimum absolute atomic E-state index is 0. The van der Waals surface area contributed by atoms with E-state index in [4.69, 9.17) is 0 Å². The third-order valence-corrected chi connectivity index (χ3v) is 1.48. The zero-order valence-electron chi connectivity index (χ0n) is 9.01. The number of hydrogen-bond donors (Lipinski definition) is 0. The van der Waals surface area contributed by atoms with Crippen LogP contribution in [0.4, 0.5) is 0 Å². The van der Waals surface area contributed by atoms with E-state index in [1.54, 1.807) is 0 Å². The maximum atomic E-state index is 9.92. The van der Waals surface area contributed by atoms with Crippen LogP contribution in [0.1, 0.15) is 45.4 Å². The third kappa shape index (κ3) is 24.7. The van der Waals surface area contributed by atoms with Crippen molar-refractivity contribution in [1.82, 2.24) is 0 Å². The molecular weight excluding hydrogens is 190 g/mol. The zero-order valence-corrected chi connectivity index (χ0v) is 13.0. The average molecular weight is 206 g/mol. The van der Waals surface area contributed by atoms with Crippen LogP contribution in [0.2, 0.25) is 0 Å². The van der Waals surface area contributed by atoms with E-state index in [-0.39, 0.29) is 71.0 Å². The molecule has 0 aromatic carbocycles. The van der Waals surface area contributed by atoms with E-state index in [1.807, 2.05) is 0 Å². The van der Waals surface area contributed by atoms with E-state index in [1.165, 1.54) is 12.8 Å². The molecule has 0 aliphatic rings. The van der Waals surface area contributed by atoms with Gasteiger partial charge in [-0.05, 0) is 12.8 Å². The number of carboxylic acid groups (broad SMARTS) is 1. The molecule has 0 radical (unpaired) electrons. The molecule has 0 atom stereocenters. The first-order chi connectivity index (χ1) is 4.77. The Morgan fingerprint density at radius 2 is 1.54 bits per heavy atom. The van der Waals surface area contributed by atoms with Crippen LogP contribution in [-0.4, -0.2) is 11.4 Å². The van der Waals surface area contributed by atoms with Crippen LogP contribution < -0.4 is 64.2 Å². The van der Waals surface area contributed by atoms with Gasteiger partial charge in [0.05, 0.1) is 0 Å². The first-order valence-electron chi connectivity index (χ1n) is 3.97. The van der Waals surface area contributed by atoms with Crippen molar-refractivity contribution in [3.63, 3.8) is 0 Å². The standard InChI is InChI=1S/C8H16O2.2Na.H2O/c1-2-3-4-5-6-7-8(9)10;;;/h2-7H2,1H3,(H,9,10);;;1H2/q;2*+1;/p-2. The van der Waals surface area contributed by atoms with Crippen molar-refractivity contribution in [2.24, 2.45) is 0 Å². The number of carboxylic acids is 1. The molecule has 13 heavy (non-hydrogen) atoms. The molecule has 0 aliphatic heterocycles. The van der Waals surface area contributed by atoms with Crippen LogP contribution in [0.25, 0.3) is 0 Å². The van der Waals surface area contributed by atoms with Gasteiger partial charge in [0.2, 0.25) is 0 Å². The van der Waals surface area contributed by atoms with Gasteiger partial charge in [-0.15, -0.1) is 0 Å². The molecular formula is C8H16Na2O3. The quantitative estimate of drug-likeness (QED) is 0.322. The fourth-order valence-corrected chi connectivity index (χ4v) is 0.873. The largest absolute Gasteiger partial charge is 1.00 e. The molecule has 3 nitrogen and oxygen atoms in total. The van der Waals surface area contributed by atoms with Gasteiger partial charge >= 0.3 is 59.1 Å². The van der Waals surface area contributed by atoms with Crippen LogP contribution in [0.3, 0.4) is 0 Å². The monoisotopic (exact) mass is 206 g/mol. The number of carbonyl (C=O) groups excluding carboxylic acids is 1. The molecule has 0 aliphatic carbocycles. The molecule has 68 valence electrons. The second-order valence-corrected chi connectivity index (χ2v) is 2.54. The summed E-state index contributed by atoms with van der Waals surface area (Å²) in [6, 6.07) is 0. The Morgan fingerprint density at radius 1 is 1.08 bits per heavy atom. The molecule has 0 rings (SSSR count). The van der Waals surface area contributed by atoms with Crippen molar-refractivity contribution in [1.29, 1.82) is 0 Å². The van der Waals surface area contributed by atoms with Crippen molar-refractivity contribution in [3.8, 4) is 0 Å². The van der Waals surface area contributed by atoms with E-state index in [9.17, 15) is 9.90 Å². The van der Waals surface area contributed by atoms with Crippen LogP contribution in [0, 0.1) is 0 Å². The normalized spacial score (nSPS) is 7.46. The van der Waals surface area contributed by atoms with Gasteiger partial charge < -0.3 is 15.4 Å². The van der Waals surface area contributed by atoms with Gasteiger partial charge in [-0.25, -0.2) is 0 Å².